The summed E-state index contributed by atoms with van der Waals surface area (Å²) in [5, 5.41) is 0.923. The first kappa shape index (κ1) is 10.4. The highest BCUT2D eigenvalue weighted by atomic mass is 32.2. The topological polar surface area (TPSA) is 26.0 Å². The van der Waals surface area contributed by atoms with Gasteiger partial charge >= 0.3 is 0 Å². The molecule has 0 saturated heterocycles. The molecule has 0 amide bonds. The zero-order chi connectivity index (χ0) is 8.81. The Bertz CT molecular complexity index is 116. The molecule has 0 heterocycles. The Morgan fingerprint density at radius 2 is 2.08 bits per heavy atom. The molecular weight excluding hydrogens is 166 g/mol. The Morgan fingerprint density at radius 1 is 1.33 bits per heavy atom. The summed E-state index contributed by atoms with van der Waals surface area (Å²) in [5.41, 5.74) is 5.51. The first-order chi connectivity index (χ1) is 5.88. The second-order valence-electron chi connectivity index (χ2n) is 3.65. The lowest BCUT2D eigenvalue weighted by Gasteiger charge is -2.30. The molecule has 1 aliphatic carbocycles. The summed E-state index contributed by atoms with van der Waals surface area (Å²) in [7, 11) is 0. The van der Waals surface area contributed by atoms with E-state index in [9.17, 15) is 0 Å². The maximum atomic E-state index is 5.51. The van der Waals surface area contributed by atoms with E-state index < -0.39 is 0 Å². The predicted octanol–water partition coefficient (Wildman–Crippen LogP) is 2.65. The van der Waals surface area contributed by atoms with Crippen LogP contribution in [0.25, 0.3) is 0 Å². The van der Waals surface area contributed by atoms with E-state index in [1.54, 1.807) is 0 Å². The van der Waals surface area contributed by atoms with Crippen LogP contribution in [0.4, 0.5) is 0 Å². The third-order valence-electron chi connectivity index (χ3n) is 2.81. The highest BCUT2D eigenvalue weighted by molar-refractivity contribution is 7.99. The number of thioether (sulfide) groups is 1. The van der Waals surface area contributed by atoms with Crippen LogP contribution < -0.4 is 5.73 Å². The van der Waals surface area contributed by atoms with Gasteiger partial charge in [0.1, 0.15) is 0 Å². The second-order valence-corrected chi connectivity index (χ2v) is 5.00. The number of hydrogen-bond donors (Lipinski definition) is 1. The van der Waals surface area contributed by atoms with Gasteiger partial charge in [-0.2, -0.15) is 11.8 Å². The predicted molar refractivity (Wildman–Crippen MR) is 57.5 cm³/mol. The van der Waals surface area contributed by atoms with Crippen LogP contribution in [0.5, 0.6) is 0 Å². The van der Waals surface area contributed by atoms with Crippen molar-refractivity contribution >= 4 is 11.8 Å². The van der Waals surface area contributed by atoms with Gasteiger partial charge in [0.25, 0.3) is 0 Å². The van der Waals surface area contributed by atoms with Gasteiger partial charge in [-0.25, -0.2) is 0 Å². The van der Waals surface area contributed by atoms with Gasteiger partial charge in [0.15, 0.2) is 0 Å². The highest BCUT2D eigenvalue weighted by Gasteiger charge is 2.23. The summed E-state index contributed by atoms with van der Waals surface area (Å²) in [4.78, 5) is 0. The first-order valence-corrected chi connectivity index (χ1v) is 6.25. The van der Waals surface area contributed by atoms with E-state index in [2.05, 4.69) is 18.7 Å². The van der Waals surface area contributed by atoms with Gasteiger partial charge in [-0.1, -0.05) is 26.2 Å². The number of nitrogens with two attached hydrogens (primary N) is 1. The Labute approximate surface area is 80.5 Å². The van der Waals surface area contributed by atoms with E-state index in [4.69, 9.17) is 5.73 Å². The van der Waals surface area contributed by atoms with Crippen LogP contribution in [-0.2, 0) is 0 Å². The molecule has 2 N–H and O–H groups in total. The zero-order valence-corrected chi connectivity index (χ0v) is 8.91. The van der Waals surface area contributed by atoms with Gasteiger partial charge in [0, 0.05) is 17.5 Å². The lowest BCUT2D eigenvalue weighted by Crippen LogP contribution is -2.22. The van der Waals surface area contributed by atoms with Crippen molar-refractivity contribution in [3.63, 3.8) is 0 Å². The van der Waals surface area contributed by atoms with Crippen LogP contribution in [0.1, 0.15) is 39.0 Å². The molecule has 2 unspecified atom stereocenters. The van der Waals surface area contributed by atoms with Crippen LogP contribution in [0.2, 0.25) is 0 Å². The average molecular weight is 187 g/mol. The van der Waals surface area contributed by atoms with Gasteiger partial charge in [-0.15, -0.1) is 0 Å². The van der Waals surface area contributed by atoms with E-state index >= 15 is 0 Å². The summed E-state index contributed by atoms with van der Waals surface area (Å²) in [6, 6.07) is 0. The molecule has 0 aromatic rings. The van der Waals surface area contributed by atoms with Crippen molar-refractivity contribution in [3.8, 4) is 0 Å². The molecule has 1 fully saturated rings. The fourth-order valence-electron chi connectivity index (χ4n) is 2.08. The molecule has 0 aromatic carbocycles. The van der Waals surface area contributed by atoms with Gasteiger partial charge in [-0.3, -0.25) is 0 Å². The minimum absolute atomic E-state index is 0.845. The Kier molecular flexibility index (Phi) is 5.08. The van der Waals surface area contributed by atoms with Gasteiger partial charge in [0.05, 0.1) is 0 Å². The molecule has 1 aliphatic rings. The maximum Gasteiger partial charge on any atom is 0.00756 e. The van der Waals surface area contributed by atoms with E-state index in [-0.39, 0.29) is 0 Å². The Hall–Kier alpha value is 0.310. The molecule has 12 heavy (non-hydrogen) atoms. The summed E-state index contributed by atoms with van der Waals surface area (Å²) < 4.78 is 0. The van der Waals surface area contributed by atoms with Crippen molar-refractivity contribution in [2.24, 2.45) is 11.7 Å². The van der Waals surface area contributed by atoms with Gasteiger partial charge in [-0.05, 0) is 18.8 Å². The molecule has 1 nitrogen and oxygen atoms in total. The van der Waals surface area contributed by atoms with Crippen molar-refractivity contribution in [1.29, 1.82) is 0 Å². The summed E-state index contributed by atoms with van der Waals surface area (Å²) >= 11 is 2.11. The zero-order valence-electron chi connectivity index (χ0n) is 8.09. The Morgan fingerprint density at radius 3 is 2.75 bits per heavy atom. The number of hydrogen-bond acceptors (Lipinski definition) is 2. The summed E-state index contributed by atoms with van der Waals surface area (Å²) in [6.45, 7) is 3.17. The fourth-order valence-corrected chi connectivity index (χ4v) is 3.45. The molecule has 2 atom stereocenters. The molecule has 0 radical (unpaired) electrons. The van der Waals surface area contributed by atoms with Crippen molar-refractivity contribution < 1.29 is 0 Å². The average Bonchev–Trinajstić information content (AvgIpc) is 2.15. The van der Waals surface area contributed by atoms with Crippen LogP contribution in [0.3, 0.4) is 0 Å². The van der Waals surface area contributed by atoms with Crippen LogP contribution in [0, 0.1) is 5.92 Å². The van der Waals surface area contributed by atoms with Gasteiger partial charge < -0.3 is 5.73 Å². The standard InChI is InChI=1S/C10H21NS/c1-2-9-5-3-4-6-10(9)12-8-7-11/h9-10H,2-8,11H2,1H3. The fraction of sp³-hybridized carbons (Fsp3) is 1.00. The molecule has 72 valence electrons. The molecule has 0 bridgehead atoms. The van der Waals surface area contributed by atoms with E-state index in [1.165, 1.54) is 32.1 Å². The first-order valence-electron chi connectivity index (χ1n) is 5.20. The van der Waals surface area contributed by atoms with Crippen LogP contribution in [-0.4, -0.2) is 17.5 Å². The Balaban J connectivity index is 2.26. The van der Waals surface area contributed by atoms with E-state index in [0.717, 1.165) is 23.5 Å². The van der Waals surface area contributed by atoms with Crippen LogP contribution in [0.15, 0.2) is 0 Å². The van der Waals surface area contributed by atoms with E-state index in [0.29, 0.717) is 0 Å². The molecule has 0 aliphatic heterocycles. The smallest absolute Gasteiger partial charge is 0.00756 e. The normalized spacial score (nSPS) is 30.5. The molecule has 1 saturated carbocycles. The third kappa shape index (κ3) is 2.98. The molecular formula is C10H21NS. The van der Waals surface area contributed by atoms with Crippen molar-refractivity contribution in [3.05, 3.63) is 0 Å². The van der Waals surface area contributed by atoms with Gasteiger partial charge in [0.2, 0.25) is 0 Å². The summed E-state index contributed by atoms with van der Waals surface area (Å²) in [5.74, 6) is 2.14. The van der Waals surface area contributed by atoms with Crippen molar-refractivity contribution in [2.75, 3.05) is 12.3 Å². The largest absolute Gasteiger partial charge is 0.330 e. The molecule has 0 spiro atoms. The molecule has 2 heteroatoms. The minimum atomic E-state index is 0.845. The monoisotopic (exact) mass is 187 g/mol. The molecule has 0 aromatic heterocycles. The number of rotatable bonds is 4. The van der Waals surface area contributed by atoms with Crippen molar-refractivity contribution in [2.45, 2.75) is 44.3 Å². The second kappa shape index (κ2) is 5.87. The van der Waals surface area contributed by atoms with E-state index in [1.807, 2.05) is 0 Å². The van der Waals surface area contributed by atoms with Crippen molar-refractivity contribution in [1.82, 2.24) is 0 Å². The quantitative estimate of drug-likeness (QED) is 0.732. The summed E-state index contributed by atoms with van der Waals surface area (Å²) in [6.07, 6.45) is 7.15. The van der Waals surface area contributed by atoms with Crippen LogP contribution >= 0.6 is 11.8 Å². The highest BCUT2D eigenvalue weighted by Crippen LogP contribution is 2.34. The SMILES string of the molecule is CCC1CCCCC1SCCN. The lowest BCUT2D eigenvalue weighted by molar-refractivity contribution is 0.361. The third-order valence-corrected chi connectivity index (χ3v) is 4.33. The maximum absolute atomic E-state index is 5.51. The lowest BCUT2D eigenvalue weighted by atomic mass is 9.87. The minimum Gasteiger partial charge on any atom is -0.330 e. The molecule has 1 rings (SSSR count).